The molecule has 4 N–H and O–H groups in total. The van der Waals surface area contributed by atoms with Crippen LogP contribution in [0.5, 0.6) is 5.88 Å². The quantitative estimate of drug-likeness (QED) is 0.601. The van der Waals surface area contributed by atoms with Gasteiger partial charge in [0.05, 0.1) is 12.4 Å². The molecule has 1 aliphatic heterocycles. The first-order valence-electron chi connectivity index (χ1n) is 9.70. The van der Waals surface area contributed by atoms with Crippen molar-refractivity contribution in [3.63, 3.8) is 0 Å². The summed E-state index contributed by atoms with van der Waals surface area (Å²) in [5.74, 6) is 1.29. The molecule has 0 saturated carbocycles. The highest BCUT2D eigenvalue weighted by molar-refractivity contribution is 5.64. The van der Waals surface area contributed by atoms with Crippen LogP contribution in [0.4, 0.5) is 17.5 Å². The van der Waals surface area contributed by atoms with Gasteiger partial charge in [-0.05, 0) is 24.7 Å². The second-order valence-corrected chi connectivity index (χ2v) is 7.15. The Balaban J connectivity index is 1.57. The second kappa shape index (κ2) is 8.76. The van der Waals surface area contributed by atoms with Crippen molar-refractivity contribution in [2.75, 3.05) is 49.6 Å². The molecular formula is C20H22N10O. The van der Waals surface area contributed by atoms with E-state index in [9.17, 15) is 5.26 Å². The lowest BCUT2D eigenvalue weighted by molar-refractivity contribution is 0.295. The number of piperazine rings is 1. The smallest absolute Gasteiger partial charge is 0.258 e. The average Bonchev–Trinajstić information content (AvgIpc) is 2.79. The minimum absolute atomic E-state index is 0.0179. The van der Waals surface area contributed by atoms with Crippen molar-refractivity contribution in [2.24, 2.45) is 0 Å². The van der Waals surface area contributed by atoms with E-state index in [1.165, 1.54) is 0 Å². The van der Waals surface area contributed by atoms with Gasteiger partial charge in [-0.3, -0.25) is 0 Å². The lowest BCUT2D eigenvalue weighted by Crippen LogP contribution is -2.44. The van der Waals surface area contributed by atoms with Crippen molar-refractivity contribution < 1.29 is 4.74 Å². The standard InChI is InChI=1S/C20H22N10O/c1-29-4-6-30(7-5-29)17-11-25-15(10-26-17)18-14(9-21)27-19(23)20(28-18)31-12-13-2-3-24-16(22)8-13/h2-3,8,10-11H,4-7,12H2,1H3,(H2,22,24)(H2,23,27). The van der Waals surface area contributed by atoms with Gasteiger partial charge in [-0.1, -0.05) is 0 Å². The molecule has 158 valence electrons. The number of likely N-dealkylation sites (N-methyl/N-ethyl adjacent to an activating group) is 1. The number of rotatable bonds is 5. The minimum Gasteiger partial charge on any atom is -0.470 e. The number of anilines is 3. The van der Waals surface area contributed by atoms with Crippen LogP contribution >= 0.6 is 0 Å². The molecule has 0 amide bonds. The molecule has 1 aliphatic rings. The molecule has 3 aromatic heterocycles. The van der Waals surface area contributed by atoms with Gasteiger partial charge in [-0.2, -0.15) is 5.26 Å². The number of hydrogen-bond donors (Lipinski definition) is 2. The van der Waals surface area contributed by atoms with E-state index in [1.807, 2.05) is 6.07 Å². The number of nitrogen functional groups attached to an aromatic ring is 2. The normalized spacial score (nSPS) is 14.3. The molecule has 11 heteroatoms. The summed E-state index contributed by atoms with van der Waals surface area (Å²) in [7, 11) is 2.10. The van der Waals surface area contributed by atoms with Crippen LogP contribution in [-0.2, 0) is 6.61 Å². The van der Waals surface area contributed by atoms with E-state index >= 15 is 0 Å². The molecule has 1 saturated heterocycles. The molecule has 0 aromatic carbocycles. The van der Waals surface area contributed by atoms with Gasteiger partial charge in [0.25, 0.3) is 5.88 Å². The van der Waals surface area contributed by atoms with E-state index in [0.29, 0.717) is 11.5 Å². The maximum absolute atomic E-state index is 9.49. The van der Waals surface area contributed by atoms with Gasteiger partial charge in [0, 0.05) is 32.4 Å². The van der Waals surface area contributed by atoms with Crippen molar-refractivity contribution in [1.29, 1.82) is 5.26 Å². The van der Waals surface area contributed by atoms with Crippen LogP contribution in [0.3, 0.4) is 0 Å². The fraction of sp³-hybridized carbons (Fsp3) is 0.300. The van der Waals surface area contributed by atoms with E-state index in [2.05, 4.69) is 41.8 Å². The molecular weight excluding hydrogens is 396 g/mol. The lowest BCUT2D eigenvalue weighted by atomic mass is 10.2. The summed E-state index contributed by atoms with van der Waals surface area (Å²) in [5, 5.41) is 9.49. The summed E-state index contributed by atoms with van der Waals surface area (Å²) < 4.78 is 5.72. The van der Waals surface area contributed by atoms with Gasteiger partial charge in [0.1, 0.15) is 35.7 Å². The molecule has 3 aromatic rings. The number of aromatic nitrogens is 5. The molecule has 0 bridgehead atoms. The summed E-state index contributed by atoms with van der Waals surface area (Å²) in [6, 6.07) is 5.47. The van der Waals surface area contributed by atoms with Crippen molar-refractivity contribution in [3.05, 3.63) is 42.0 Å². The first-order valence-corrected chi connectivity index (χ1v) is 9.70. The highest BCUT2D eigenvalue weighted by Gasteiger charge is 2.19. The van der Waals surface area contributed by atoms with E-state index in [4.69, 9.17) is 16.2 Å². The molecule has 0 spiro atoms. The first-order chi connectivity index (χ1) is 15.0. The van der Waals surface area contributed by atoms with Crippen LogP contribution < -0.4 is 21.1 Å². The predicted octanol–water partition coefficient (Wildman–Crippen LogP) is 0.695. The van der Waals surface area contributed by atoms with Gasteiger partial charge in [0.15, 0.2) is 11.5 Å². The Morgan fingerprint density at radius 1 is 1.10 bits per heavy atom. The monoisotopic (exact) mass is 418 g/mol. The van der Waals surface area contributed by atoms with Crippen LogP contribution in [0, 0.1) is 11.3 Å². The average molecular weight is 418 g/mol. The Hall–Kier alpha value is -4.04. The highest BCUT2D eigenvalue weighted by atomic mass is 16.5. The molecule has 4 heterocycles. The van der Waals surface area contributed by atoms with Crippen LogP contribution in [0.2, 0.25) is 0 Å². The zero-order valence-electron chi connectivity index (χ0n) is 17.1. The van der Waals surface area contributed by atoms with Gasteiger partial charge in [0.2, 0.25) is 0 Å². The third-order valence-corrected chi connectivity index (χ3v) is 4.92. The summed E-state index contributed by atoms with van der Waals surface area (Å²) in [5.41, 5.74) is 13.2. The van der Waals surface area contributed by atoms with Crippen LogP contribution in [0.25, 0.3) is 11.4 Å². The maximum Gasteiger partial charge on any atom is 0.258 e. The van der Waals surface area contributed by atoms with Crippen LogP contribution in [-0.4, -0.2) is 63.0 Å². The third kappa shape index (κ3) is 4.59. The summed E-state index contributed by atoms with van der Waals surface area (Å²) in [4.78, 5) is 25.9. The molecule has 11 nitrogen and oxygen atoms in total. The van der Waals surface area contributed by atoms with Gasteiger partial charge >= 0.3 is 0 Å². The molecule has 0 aliphatic carbocycles. The highest BCUT2D eigenvalue weighted by Crippen LogP contribution is 2.26. The number of nitrogens with zero attached hydrogens (tertiary/aromatic N) is 8. The van der Waals surface area contributed by atoms with E-state index < -0.39 is 0 Å². The Bertz CT molecular complexity index is 1100. The van der Waals surface area contributed by atoms with E-state index in [0.717, 1.165) is 37.6 Å². The number of hydrogen-bond acceptors (Lipinski definition) is 11. The fourth-order valence-electron chi connectivity index (χ4n) is 3.17. The Morgan fingerprint density at radius 3 is 2.58 bits per heavy atom. The Kier molecular flexibility index (Phi) is 5.72. The lowest BCUT2D eigenvalue weighted by Gasteiger charge is -2.32. The van der Waals surface area contributed by atoms with Gasteiger partial charge in [-0.25, -0.2) is 24.9 Å². The number of nitriles is 1. The SMILES string of the molecule is CN1CCN(c2cnc(-c3nc(OCc4ccnc(N)c4)c(N)nc3C#N)cn2)CC1. The van der Waals surface area contributed by atoms with Crippen LogP contribution in [0.1, 0.15) is 11.3 Å². The zero-order valence-corrected chi connectivity index (χ0v) is 17.1. The maximum atomic E-state index is 9.49. The Morgan fingerprint density at radius 2 is 1.90 bits per heavy atom. The molecule has 0 radical (unpaired) electrons. The molecule has 1 fully saturated rings. The van der Waals surface area contributed by atoms with Crippen molar-refractivity contribution in [3.8, 4) is 23.3 Å². The zero-order chi connectivity index (χ0) is 21.8. The largest absolute Gasteiger partial charge is 0.470 e. The number of nitrogens with two attached hydrogens (primary N) is 2. The van der Waals surface area contributed by atoms with Crippen LogP contribution in [0.15, 0.2) is 30.7 Å². The van der Waals surface area contributed by atoms with E-state index in [-0.39, 0.29) is 29.7 Å². The number of pyridine rings is 1. The van der Waals surface area contributed by atoms with Gasteiger partial charge < -0.3 is 26.0 Å². The number of ether oxygens (including phenoxy) is 1. The summed E-state index contributed by atoms with van der Waals surface area (Å²) in [6.07, 6.45) is 4.85. The second-order valence-electron chi connectivity index (χ2n) is 7.15. The van der Waals surface area contributed by atoms with Crippen molar-refractivity contribution >= 4 is 17.5 Å². The molecule has 4 rings (SSSR count). The van der Waals surface area contributed by atoms with Crippen molar-refractivity contribution in [1.82, 2.24) is 29.8 Å². The molecule has 0 unspecified atom stereocenters. The fourth-order valence-corrected chi connectivity index (χ4v) is 3.17. The third-order valence-electron chi connectivity index (χ3n) is 4.92. The summed E-state index contributed by atoms with van der Waals surface area (Å²) in [6.45, 7) is 3.87. The molecule has 31 heavy (non-hydrogen) atoms. The predicted molar refractivity (Wildman–Crippen MR) is 115 cm³/mol. The topological polar surface area (TPSA) is 156 Å². The van der Waals surface area contributed by atoms with Crippen molar-refractivity contribution in [2.45, 2.75) is 6.61 Å². The first kappa shape index (κ1) is 20.2. The van der Waals surface area contributed by atoms with Gasteiger partial charge in [-0.15, -0.1) is 0 Å². The summed E-state index contributed by atoms with van der Waals surface area (Å²) >= 11 is 0. The Labute approximate surface area is 179 Å². The minimum atomic E-state index is 0.0179. The molecule has 0 atom stereocenters. The van der Waals surface area contributed by atoms with E-state index in [1.54, 1.807) is 30.7 Å².